The lowest BCUT2D eigenvalue weighted by molar-refractivity contribution is -0.120. The van der Waals surface area contributed by atoms with Gasteiger partial charge < -0.3 is 26.2 Å². The van der Waals surface area contributed by atoms with Crippen molar-refractivity contribution in [1.82, 2.24) is 4.98 Å². The third-order valence-corrected chi connectivity index (χ3v) is 6.06. The van der Waals surface area contributed by atoms with Crippen LogP contribution < -0.4 is 11.1 Å². The van der Waals surface area contributed by atoms with Gasteiger partial charge >= 0.3 is 11.9 Å². The van der Waals surface area contributed by atoms with E-state index in [1.165, 1.54) is 18.2 Å². The number of anilines is 2. The number of carbonyl (C=O) groups excluding carboxylic acids is 1. The Morgan fingerprint density at radius 1 is 1.19 bits per heavy atom. The molecule has 160 valence electrons. The summed E-state index contributed by atoms with van der Waals surface area (Å²) in [5, 5.41) is 23.1. The molecule has 0 radical (unpaired) electrons. The number of hydrogen-bond acceptors (Lipinski definition) is 4. The molecule has 1 amide bonds. The zero-order chi connectivity index (χ0) is 22.4. The predicted molar refractivity (Wildman–Crippen MR) is 117 cm³/mol. The molecule has 2 aromatic carbocycles. The number of H-pyrrole nitrogens is 1. The normalized spacial score (nSPS) is 16.1. The summed E-state index contributed by atoms with van der Waals surface area (Å²) in [7, 11) is 0. The number of carbonyl (C=O) groups is 3. The number of hydrogen-bond donors (Lipinski definition) is 5. The Kier molecular flexibility index (Phi) is 5.10. The molecule has 1 aliphatic carbocycles. The minimum absolute atomic E-state index is 0.0431. The summed E-state index contributed by atoms with van der Waals surface area (Å²) >= 11 is 6.17. The number of aromatic carboxylic acids is 2. The highest BCUT2D eigenvalue weighted by atomic mass is 35.5. The summed E-state index contributed by atoms with van der Waals surface area (Å²) in [4.78, 5) is 39.4. The van der Waals surface area contributed by atoms with Crippen molar-refractivity contribution in [2.24, 2.45) is 5.92 Å². The van der Waals surface area contributed by atoms with Crippen molar-refractivity contribution in [3.05, 3.63) is 57.7 Å². The summed E-state index contributed by atoms with van der Waals surface area (Å²) in [5.74, 6) is -3.70. The van der Waals surface area contributed by atoms with Gasteiger partial charge in [0.25, 0.3) is 0 Å². The number of rotatable bonds is 5. The van der Waals surface area contributed by atoms with Gasteiger partial charge in [0, 0.05) is 27.5 Å². The van der Waals surface area contributed by atoms with Crippen molar-refractivity contribution >= 4 is 51.7 Å². The molecule has 0 aliphatic heterocycles. The zero-order valence-corrected chi connectivity index (χ0v) is 17.3. The van der Waals surface area contributed by atoms with Gasteiger partial charge in [-0.1, -0.05) is 18.5 Å². The van der Waals surface area contributed by atoms with E-state index >= 15 is 0 Å². The van der Waals surface area contributed by atoms with Crippen LogP contribution >= 0.6 is 11.6 Å². The second kappa shape index (κ2) is 7.63. The number of nitrogens with one attached hydrogen (secondary N) is 2. The molecule has 0 fully saturated rings. The smallest absolute Gasteiger partial charge is 0.352 e. The average molecular weight is 442 g/mol. The lowest BCUT2D eigenvalue weighted by Gasteiger charge is -2.28. The molecule has 0 saturated heterocycles. The molecule has 8 nitrogen and oxygen atoms in total. The van der Waals surface area contributed by atoms with Crippen LogP contribution in [0, 0.1) is 5.92 Å². The summed E-state index contributed by atoms with van der Waals surface area (Å²) in [5.41, 5.74) is 8.15. The van der Waals surface area contributed by atoms with E-state index in [0.717, 1.165) is 10.9 Å². The van der Waals surface area contributed by atoms with Gasteiger partial charge in [-0.25, -0.2) is 9.59 Å². The molecule has 2 atom stereocenters. The zero-order valence-electron chi connectivity index (χ0n) is 16.5. The van der Waals surface area contributed by atoms with E-state index in [1.54, 1.807) is 13.0 Å². The minimum Gasteiger partial charge on any atom is -0.478 e. The molecule has 1 aromatic heterocycles. The molecular formula is C22H20ClN3O5. The van der Waals surface area contributed by atoms with Crippen molar-refractivity contribution < 1.29 is 24.6 Å². The van der Waals surface area contributed by atoms with E-state index in [-0.39, 0.29) is 28.6 Å². The fourth-order valence-electron chi connectivity index (χ4n) is 4.38. The molecule has 1 aliphatic rings. The number of aromatic amines is 1. The van der Waals surface area contributed by atoms with Crippen LogP contribution in [-0.2, 0) is 11.2 Å². The van der Waals surface area contributed by atoms with Gasteiger partial charge in [0.15, 0.2) is 0 Å². The van der Waals surface area contributed by atoms with E-state index in [4.69, 9.17) is 17.3 Å². The Bertz CT molecular complexity index is 1250. The number of nitrogens with two attached hydrogens (primary N) is 1. The lowest BCUT2D eigenvalue weighted by Crippen LogP contribution is -2.29. The number of aromatic nitrogens is 1. The van der Waals surface area contributed by atoms with Gasteiger partial charge in [0.1, 0.15) is 5.69 Å². The number of halogens is 1. The van der Waals surface area contributed by atoms with E-state index in [2.05, 4.69) is 10.3 Å². The number of aryl methyl sites for hydroxylation is 1. The van der Waals surface area contributed by atoms with Crippen molar-refractivity contribution in [1.29, 1.82) is 0 Å². The highest BCUT2D eigenvalue weighted by Crippen LogP contribution is 2.44. The molecule has 6 N–H and O–H groups in total. The second-order valence-corrected chi connectivity index (χ2v) is 8.18. The van der Waals surface area contributed by atoms with Gasteiger partial charge in [-0.2, -0.15) is 0 Å². The summed E-state index contributed by atoms with van der Waals surface area (Å²) in [6.07, 6.45) is 1.20. The number of nitrogen functional groups attached to an aromatic ring is 1. The Morgan fingerprint density at radius 3 is 2.61 bits per heavy atom. The van der Waals surface area contributed by atoms with Gasteiger partial charge in [-0.3, -0.25) is 4.79 Å². The fourth-order valence-corrected chi connectivity index (χ4v) is 4.62. The lowest BCUT2D eigenvalue weighted by atomic mass is 9.76. The SMILES string of the molecule is CC(C(=O)Nc1ccc(N)cc1C(=O)O)C1CCc2cc(Cl)cc3[nH]c(C(=O)O)c1c23. The summed E-state index contributed by atoms with van der Waals surface area (Å²) < 4.78 is 0. The van der Waals surface area contributed by atoms with Crippen LogP contribution in [0.5, 0.6) is 0 Å². The van der Waals surface area contributed by atoms with Crippen molar-refractivity contribution in [3.63, 3.8) is 0 Å². The first-order valence-electron chi connectivity index (χ1n) is 9.68. The van der Waals surface area contributed by atoms with E-state index < -0.39 is 23.8 Å². The highest BCUT2D eigenvalue weighted by molar-refractivity contribution is 6.31. The maximum absolute atomic E-state index is 13.0. The molecule has 2 unspecified atom stereocenters. The minimum atomic E-state index is -1.21. The first-order chi connectivity index (χ1) is 14.7. The quantitative estimate of drug-likeness (QED) is 0.377. The summed E-state index contributed by atoms with van der Waals surface area (Å²) in [6, 6.07) is 7.73. The van der Waals surface area contributed by atoms with E-state index in [0.29, 0.717) is 28.9 Å². The van der Waals surface area contributed by atoms with Crippen molar-refractivity contribution in [2.75, 3.05) is 11.1 Å². The number of carboxylic acids is 2. The van der Waals surface area contributed by atoms with Crippen LogP contribution in [0.25, 0.3) is 10.9 Å². The van der Waals surface area contributed by atoms with E-state index in [9.17, 15) is 24.6 Å². The molecule has 9 heteroatoms. The maximum atomic E-state index is 13.0. The van der Waals surface area contributed by atoms with Gasteiger partial charge in [0.05, 0.1) is 11.3 Å². The molecule has 0 bridgehead atoms. The van der Waals surface area contributed by atoms with Crippen LogP contribution in [0.15, 0.2) is 30.3 Å². The first-order valence-corrected chi connectivity index (χ1v) is 10.1. The molecule has 1 heterocycles. The molecule has 0 saturated carbocycles. The van der Waals surface area contributed by atoms with Gasteiger partial charge in [-0.05, 0) is 60.2 Å². The second-order valence-electron chi connectivity index (χ2n) is 7.74. The van der Waals surface area contributed by atoms with Crippen molar-refractivity contribution in [3.8, 4) is 0 Å². The van der Waals surface area contributed by atoms with Crippen LogP contribution in [0.4, 0.5) is 11.4 Å². The van der Waals surface area contributed by atoms with Crippen LogP contribution in [0.2, 0.25) is 5.02 Å². The van der Waals surface area contributed by atoms with Gasteiger partial charge in [-0.15, -0.1) is 0 Å². The monoisotopic (exact) mass is 441 g/mol. The maximum Gasteiger partial charge on any atom is 0.352 e. The average Bonchev–Trinajstić information content (AvgIpc) is 3.09. The molecule has 0 spiro atoms. The Hall–Kier alpha value is -3.52. The third-order valence-electron chi connectivity index (χ3n) is 5.84. The Labute approximate surface area is 182 Å². The third kappa shape index (κ3) is 3.59. The first kappa shape index (κ1) is 20.7. The highest BCUT2D eigenvalue weighted by Gasteiger charge is 2.35. The molecule has 31 heavy (non-hydrogen) atoms. The molecule has 4 rings (SSSR count). The van der Waals surface area contributed by atoms with Crippen LogP contribution in [0.1, 0.15) is 51.2 Å². The van der Waals surface area contributed by atoms with Crippen LogP contribution in [0.3, 0.4) is 0 Å². The Morgan fingerprint density at radius 2 is 1.94 bits per heavy atom. The topological polar surface area (TPSA) is 146 Å². The largest absolute Gasteiger partial charge is 0.478 e. The standard InChI is InChI=1S/C22H20ClN3O5/c1-9(20(27)26-15-5-3-12(24)8-14(15)21(28)29)13-4-2-10-6-11(23)7-16-17(10)18(13)19(25-16)22(30)31/h3,5-9,13,25H,2,4,24H2,1H3,(H,26,27)(H,28,29)(H,30,31). The summed E-state index contributed by atoms with van der Waals surface area (Å²) in [6.45, 7) is 1.71. The van der Waals surface area contributed by atoms with Crippen LogP contribution in [-0.4, -0.2) is 33.0 Å². The predicted octanol–water partition coefficient (Wildman–Crippen LogP) is 4.10. The fraction of sp³-hybridized carbons (Fsp3) is 0.227. The Balaban J connectivity index is 1.72. The van der Waals surface area contributed by atoms with Gasteiger partial charge in [0.2, 0.25) is 5.91 Å². The number of carboxylic acid groups (broad SMARTS) is 2. The number of amides is 1. The molecule has 3 aromatic rings. The molecular weight excluding hydrogens is 422 g/mol. The van der Waals surface area contributed by atoms with E-state index in [1.807, 2.05) is 6.07 Å². The number of benzene rings is 2. The van der Waals surface area contributed by atoms with Crippen molar-refractivity contribution in [2.45, 2.75) is 25.7 Å².